The second kappa shape index (κ2) is 4.47. The Balaban J connectivity index is 1.86. The third-order valence-electron chi connectivity index (χ3n) is 3.20. The average Bonchev–Trinajstić information content (AvgIpc) is 2.84. The summed E-state index contributed by atoms with van der Waals surface area (Å²) in [6.07, 6.45) is 1.24. The molecule has 0 aliphatic carbocycles. The number of aliphatic hydroxyl groups excluding tert-OH is 1. The van der Waals surface area contributed by atoms with Crippen LogP contribution >= 0.6 is 0 Å². The first kappa shape index (κ1) is 10.9. The van der Waals surface area contributed by atoms with Gasteiger partial charge in [-0.05, 0) is 12.8 Å². The van der Waals surface area contributed by atoms with Crippen molar-refractivity contribution in [3.63, 3.8) is 0 Å². The van der Waals surface area contributed by atoms with Gasteiger partial charge in [-0.3, -0.25) is 4.79 Å². The van der Waals surface area contributed by atoms with Gasteiger partial charge in [-0.25, -0.2) is 0 Å². The van der Waals surface area contributed by atoms with Crippen LogP contribution in [0.4, 0.5) is 0 Å². The normalized spacial score (nSPS) is 36.1. The highest BCUT2D eigenvalue weighted by Crippen LogP contribution is 2.16. The van der Waals surface area contributed by atoms with Crippen molar-refractivity contribution in [3.8, 4) is 0 Å². The smallest absolute Gasteiger partial charge is 0.239 e. The van der Waals surface area contributed by atoms with E-state index in [4.69, 9.17) is 4.74 Å². The standard InChI is InChI=1S/C10H18N2O3/c1-15-8-4-9(11-5-8)10(14)12-3-2-7(13)6-12/h7-9,11,13H,2-6H2,1H3/t7-,8?,9?/m0/s1. The molecule has 86 valence electrons. The average molecular weight is 214 g/mol. The van der Waals surface area contributed by atoms with Crippen LogP contribution in [0.15, 0.2) is 0 Å². The molecule has 5 heteroatoms. The summed E-state index contributed by atoms with van der Waals surface area (Å²) in [6.45, 7) is 1.90. The minimum Gasteiger partial charge on any atom is -0.391 e. The highest BCUT2D eigenvalue weighted by atomic mass is 16.5. The number of methoxy groups -OCH3 is 1. The molecule has 2 fully saturated rings. The molecular weight excluding hydrogens is 196 g/mol. The van der Waals surface area contributed by atoms with Crippen LogP contribution < -0.4 is 5.32 Å². The van der Waals surface area contributed by atoms with E-state index < -0.39 is 0 Å². The van der Waals surface area contributed by atoms with Crippen molar-refractivity contribution < 1.29 is 14.6 Å². The zero-order chi connectivity index (χ0) is 10.8. The molecule has 1 amide bonds. The van der Waals surface area contributed by atoms with Gasteiger partial charge in [0.25, 0.3) is 0 Å². The number of hydrogen-bond acceptors (Lipinski definition) is 4. The number of ether oxygens (including phenoxy) is 1. The predicted octanol–water partition coefficient (Wildman–Crippen LogP) is -1.04. The Morgan fingerprint density at radius 1 is 1.60 bits per heavy atom. The summed E-state index contributed by atoms with van der Waals surface area (Å²) in [4.78, 5) is 13.7. The topological polar surface area (TPSA) is 61.8 Å². The van der Waals surface area contributed by atoms with Crippen molar-refractivity contribution in [3.05, 3.63) is 0 Å². The lowest BCUT2D eigenvalue weighted by atomic mass is 10.2. The third kappa shape index (κ3) is 2.30. The van der Waals surface area contributed by atoms with E-state index in [2.05, 4.69) is 5.32 Å². The maximum absolute atomic E-state index is 12.0. The molecule has 0 aromatic carbocycles. The summed E-state index contributed by atoms with van der Waals surface area (Å²) >= 11 is 0. The molecular formula is C10H18N2O3. The highest BCUT2D eigenvalue weighted by Gasteiger charge is 2.34. The Kier molecular flexibility index (Phi) is 3.23. The van der Waals surface area contributed by atoms with Crippen LogP contribution in [0.25, 0.3) is 0 Å². The Morgan fingerprint density at radius 2 is 2.40 bits per heavy atom. The van der Waals surface area contributed by atoms with Crippen molar-refractivity contribution in [2.45, 2.75) is 31.1 Å². The third-order valence-corrected chi connectivity index (χ3v) is 3.20. The molecule has 2 rings (SSSR count). The maximum atomic E-state index is 12.0. The van der Waals surface area contributed by atoms with E-state index in [1.54, 1.807) is 12.0 Å². The fourth-order valence-electron chi connectivity index (χ4n) is 2.23. The molecule has 5 nitrogen and oxygen atoms in total. The zero-order valence-electron chi connectivity index (χ0n) is 8.98. The highest BCUT2D eigenvalue weighted by molar-refractivity contribution is 5.82. The SMILES string of the molecule is COC1CNC(C(=O)N2CC[C@H](O)C2)C1. The predicted molar refractivity (Wildman–Crippen MR) is 54.4 cm³/mol. The molecule has 0 aromatic rings. The molecule has 0 radical (unpaired) electrons. The summed E-state index contributed by atoms with van der Waals surface area (Å²) in [5.41, 5.74) is 0. The Bertz CT molecular complexity index is 247. The number of β-amino-alcohol motifs (C(OH)–C–C–N with tert-alkyl or cyclic N) is 1. The van der Waals surface area contributed by atoms with Gasteiger partial charge in [0, 0.05) is 26.7 Å². The molecule has 15 heavy (non-hydrogen) atoms. The number of carbonyl (C=O) groups excluding carboxylic acids is 1. The van der Waals surface area contributed by atoms with Crippen LogP contribution in [-0.2, 0) is 9.53 Å². The molecule has 0 bridgehead atoms. The molecule has 0 spiro atoms. The first-order valence-electron chi connectivity index (χ1n) is 5.43. The fourth-order valence-corrected chi connectivity index (χ4v) is 2.23. The Labute approximate surface area is 89.4 Å². The van der Waals surface area contributed by atoms with Crippen LogP contribution in [0.3, 0.4) is 0 Å². The lowest BCUT2D eigenvalue weighted by Gasteiger charge is -2.19. The van der Waals surface area contributed by atoms with Crippen molar-refractivity contribution in [2.24, 2.45) is 0 Å². The summed E-state index contributed by atoms with van der Waals surface area (Å²) in [5.74, 6) is 0.103. The van der Waals surface area contributed by atoms with E-state index in [9.17, 15) is 9.90 Å². The number of amides is 1. The Hall–Kier alpha value is -0.650. The van der Waals surface area contributed by atoms with Crippen LogP contribution in [0, 0.1) is 0 Å². The van der Waals surface area contributed by atoms with Crippen LogP contribution in [-0.4, -0.2) is 60.9 Å². The number of likely N-dealkylation sites (tertiary alicyclic amines) is 1. The monoisotopic (exact) mass is 214 g/mol. The van der Waals surface area contributed by atoms with Crippen LogP contribution in [0.2, 0.25) is 0 Å². The quantitative estimate of drug-likeness (QED) is 0.616. The number of hydrogen-bond donors (Lipinski definition) is 2. The van der Waals surface area contributed by atoms with Gasteiger partial charge in [-0.1, -0.05) is 0 Å². The maximum Gasteiger partial charge on any atom is 0.239 e. The van der Waals surface area contributed by atoms with Crippen molar-refractivity contribution in [1.82, 2.24) is 10.2 Å². The van der Waals surface area contributed by atoms with Gasteiger partial charge in [-0.15, -0.1) is 0 Å². The van der Waals surface area contributed by atoms with E-state index in [0.29, 0.717) is 19.5 Å². The van der Waals surface area contributed by atoms with Gasteiger partial charge in [0.2, 0.25) is 5.91 Å². The van der Waals surface area contributed by atoms with Gasteiger partial charge in [0.15, 0.2) is 0 Å². The van der Waals surface area contributed by atoms with Gasteiger partial charge in [0.1, 0.15) is 0 Å². The number of aliphatic hydroxyl groups is 1. The molecule has 2 unspecified atom stereocenters. The first-order chi connectivity index (χ1) is 7.20. The van der Waals surface area contributed by atoms with E-state index in [1.165, 1.54) is 0 Å². The minimum absolute atomic E-state index is 0.103. The second-order valence-electron chi connectivity index (χ2n) is 4.28. The summed E-state index contributed by atoms with van der Waals surface area (Å²) in [5, 5.41) is 12.5. The van der Waals surface area contributed by atoms with Crippen LogP contribution in [0.1, 0.15) is 12.8 Å². The van der Waals surface area contributed by atoms with Gasteiger partial charge in [-0.2, -0.15) is 0 Å². The second-order valence-corrected chi connectivity index (χ2v) is 4.28. The molecule has 2 saturated heterocycles. The lowest BCUT2D eigenvalue weighted by Crippen LogP contribution is -2.42. The lowest BCUT2D eigenvalue weighted by molar-refractivity contribution is -0.132. The zero-order valence-corrected chi connectivity index (χ0v) is 8.98. The molecule has 2 N–H and O–H groups in total. The summed E-state index contributed by atoms with van der Waals surface area (Å²) in [7, 11) is 1.67. The number of nitrogens with one attached hydrogen (secondary N) is 1. The molecule has 2 aliphatic heterocycles. The van der Waals surface area contributed by atoms with E-state index in [-0.39, 0.29) is 24.2 Å². The molecule has 0 saturated carbocycles. The number of carbonyl (C=O) groups is 1. The summed E-state index contributed by atoms with van der Waals surface area (Å²) < 4.78 is 5.19. The molecule has 0 aromatic heterocycles. The van der Waals surface area contributed by atoms with Gasteiger partial charge < -0.3 is 20.1 Å². The van der Waals surface area contributed by atoms with Crippen molar-refractivity contribution in [1.29, 1.82) is 0 Å². The van der Waals surface area contributed by atoms with E-state index >= 15 is 0 Å². The Morgan fingerprint density at radius 3 is 2.93 bits per heavy atom. The number of nitrogens with zero attached hydrogens (tertiary/aromatic N) is 1. The largest absolute Gasteiger partial charge is 0.391 e. The van der Waals surface area contributed by atoms with E-state index in [0.717, 1.165) is 13.0 Å². The minimum atomic E-state index is -0.339. The molecule has 2 aliphatic rings. The number of rotatable bonds is 2. The van der Waals surface area contributed by atoms with Gasteiger partial charge in [0.05, 0.1) is 18.2 Å². The summed E-state index contributed by atoms with van der Waals surface area (Å²) in [6, 6.07) is -0.125. The van der Waals surface area contributed by atoms with Crippen LogP contribution in [0.5, 0.6) is 0 Å². The molecule has 3 atom stereocenters. The van der Waals surface area contributed by atoms with Gasteiger partial charge >= 0.3 is 0 Å². The van der Waals surface area contributed by atoms with Crippen molar-refractivity contribution in [2.75, 3.05) is 26.7 Å². The molecule has 2 heterocycles. The first-order valence-corrected chi connectivity index (χ1v) is 5.43. The van der Waals surface area contributed by atoms with Crippen molar-refractivity contribution >= 4 is 5.91 Å². The van der Waals surface area contributed by atoms with E-state index in [1.807, 2.05) is 0 Å². The fraction of sp³-hybridized carbons (Fsp3) is 0.900.